The smallest absolute Gasteiger partial charge is 0.224 e. The number of aliphatic hydroxyl groups is 1. The highest BCUT2D eigenvalue weighted by Gasteiger charge is 2.03. The first-order valence-corrected chi connectivity index (χ1v) is 7.84. The third kappa shape index (κ3) is 5.75. The minimum absolute atomic E-state index is 0.0476. The van der Waals surface area contributed by atoms with Crippen molar-refractivity contribution >= 4 is 11.6 Å². The lowest BCUT2D eigenvalue weighted by Gasteiger charge is -2.08. The third-order valence-electron chi connectivity index (χ3n) is 3.42. The molecule has 0 radical (unpaired) electrons. The number of benzene rings is 2. The molecule has 0 unspecified atom stereocenters. The van der Waals surface area contributed by atoms with Crippen molar-refractivity contribution in [3.63, 3.8) is 0 Å². The fourth-order valence-corrected chi connectivity index (χ4v) is 2.20. The summed E-state index contributed by atoms with van der Waals surface area (Å²) in [6.07, 6.45) is 1.87. The molecule has 0 bridgehead atoms. The molecule has 1 amide bonds. The fourth-order valence-electron chi connectivity index (χ4n) is 2.20. The molecule has 124 valence electrons. The van der Waals surface area contributed by atoms with E-state index in [2.05, 4.69) is 11.4 Å². The summed E-state index contributed by atoms with van der Waals surface area (Å²) in [7, 11) is 0. The molecule has 0 saturated carbocycles. The van der Waals surface area contributed by atoms with E-state index in [0.717, 1.165) is 12.0 Å². The molecule has 0 aliphatic carbocycles. The molecular weight excluding hydrogens is 304 g/mol. The van der Waals surface area contributed by atoms with Crippen LogP contribution in [0.3, 0.4) is 0 Å². The molecular formula is C19H20N2O3. The Hall–Kier alpha value is -2.84. The van der Waals surface area contributed by atoms with Crippen LogP contribution in [-0.2, 0) is 11.4 Å². The predicted octanol–water partition coefficient (Wildman–Crippen LogP) is 3.24. The van der Waals surface area contributed by atoms with E-state index in [1.165, 1.54) is 0 Å². The summed E-state index contributed by atoms with van der Waals surface area (Å²) in [5.41, 5.74) is 2.02. The number of anilines is 1. The zero-order chi connectivity index (χ0) is 17.2. The van der Waals surface area contributed by atoms with Crippen molar-refractivity contribution in [3.05, 3.63) is 59.7 Å². The number of amides is 1. The fraction of sp³-hybridized carbons (Fsp3) is 0.263. The Morgan fingerprint density at radius 1 is 1.17 bits per heavy atom. The number of ether oxygens (including phenoxy) is 1. The van der Waals surface area contributed by atoms with Crippen LogP contribution >= 0.6 is 0 Å². The highest BCUT2D eigenvalue weighted by Crippen LogP contribution is 2.14. The van der Waals surface area contributed by atoms with E-state index in [9.17, 15) is 4.79 Å². The van der Waals surface area contributed by atoms with Gasteiger partial charge in [0.1, 0.15) is 5.75 Å². The van der Waals surface area contributed by atoms with E-state index < -0.39 is 0 Å². The number of nitriles is 1. The quantitative estimate of drug-likeness (QED) is 0.730. The minimum Gasteiger partial charge on any atom is -0.494 e. The molecule has 24 heavy (non-hydrogen) atoms. The van der Waals surface area contributed by atoms with Gasteiger partial charge in [0.15, 0.2) is 0 Å². The van der Waals surface area contributed by atoms with Crippen LogP contribution < -0.4 is 10.1 Å². The Balaban J connectivity index is 1.66. The van der Waals surface area contributed by atoms with E-state index >= 15 is 0 Å². The van der Waals surface area contributed by atoms with Crippen LogP contribution in [0.15, 0.2) is 48.5 Å². The topological polar surface area (TPSA) is 82.3 Å². The van der Waals surface area contributed by atoms with Crippen molar-refractivity contribution in [2.24, 2.45) is 0 Å². The maximum Gasteiger partial charge on any atom is 0.224 e. The maximum absolute atomic E-state index is 11.9. The van der Waals surface area contributed by atoms with E-state index in [-0.39, 0.29) is 12.5 Å². The summed E-state index contributed by atoms with van der Waals surface area (Å²) < 4.78 is 5.57. The molecule has 2 aromatic carbocycles. The molecule has 2 aromatic rings. The van der Waals surface area contributed by atoms with Gasteiger partial charge in [0.2, 0.25) is 5.91 Å². The standard InChI is InChI=1S/C19H20N2O3/c20-13-15-5-4-8-18(12-15)24-10-2-1-9-19(23)21-17-7-3-6-16(11-17)14-22/h3-8,11-12,22H,1-2,9-10,14H2,(H,21,23). The van der Waals surface area contributed by atoms with Crippen LogP contribution in [0.1, 0.15) is 30.4 Å². The number of carbonyl (C=O) groups excluding carboxylic acids is 1. The van der Waals surface area contributed by atoms with E-state index in [1.807, 2.05) is 6.07 Å². The number of aliphatic hydroxyl groups excluding tert-OH is 1. The molecule has 5 nitrogen and oxygen atoms in total. The molecule has 0 aliphatic rings. The molecule has 2 rings (SSSR count). The van der Waals surface area contributed by atoms with Gasteiger partial charge in [-0.25, -0.2) is 0 Å². The molecule has 0 fully saturated rings. The van der Waals surface area contributed by atoms with Crippen molar-refractivity contribution < 1.29 is 14.6 Å². The van der Waals surface area contributed by atoms with Gasteiger partial charge in [-0.2, -0.15) is 5.26 Å². The number of carbonyl (C=O) groups is 1. The van der Waals surface area contributed by atoms with E-state index in [4.69, 9.17) is 15.1 Å². The highest BCUT2D eigenvalue weighted by atomic mass is 16.5. The SMILES string of the molecule is N#Cc1cccc(OCCCCC(=O)Nc2cccc(CO)c2)c1. The second-order valence-electron chi connectivity index (χ2n) is 5.35. The number of nitrogens with zero attached hydrogens (tertiary/aromatic N) is 1. The van der Waals surface area contributed by atoms with Gasteiger partial charge in [-0.15, -0.1) is 0 Å². The number of rotatable bonds is 8. The summed E-state index contributed by atoms with van der Waals surface area (Å²) in [6, 6.07) is 16.2. The average molecular weight is 324 g/mol. The first-order chi connectivity index (χ1) is 11.7. The zero-order valence-electron chi connectivity index (χ0n) is 13.4. The molecule has 2 N–H and O–H groups in total. The van der Waals surface area contributed by atoms with Crippen molar-refractivity contribution in [2.45, 2.75) is 25.9 Å². The van der Waals surface area contributed by atoms with Gasteiger partial charge in [-0.1, -0.05) is 18.2 Å². The van der Waals surface area contributed by atoms with Crippen LogP contribution in [0.2, 0.25) is 0 Å². The van der Waals surface area contributed by atoms with Gasteiger partial charge in [0, 0.05) is 12.1 Å². The summed E-state index contributed by atoms with van der Waals surface area (Å²) in [5, 5.41) is 20.7. The van der Waals surface area contributed by atoms with Gasteiger partial charge in [0.25, 0.3) is 0 Å². The van der Waals surface area contributed by atoms with Crippen molar-refractivity contribution in [2.75, 3.05) is 11.9 Å². The third-order valence-corrected chi connectivity index (χ3v) is 3.42. The van der Waals surface area contributed by atoms with Crippen LogP contribution in [0.4, 0.5) is 5.69 Å². The summed E-state index contributed by atoms with van der Waals surface area (Å²) >= 11 is 0. The Labute approximate surface area is 141 Å². The number of unbranched alkanes of at least 4 members (excludes halogenated alkanes) is 1. The van der Waals surface area contributed by atoms with Crippen LogP contribution in [0.5, 0.6) is 5.75 Å². The van der Waals surface area contributed by atoms with Gasteiger partial charge in [0.05, 0.1) is 24.8 Å². The molecule has 0 spiro atoms. The van der Waals surface area contributed by atoms with Crippen molar-refractivity contribution in [1.29, 1.82) is 5.26 Å². The van der Waals surface area contributed by atoms with Crippen LogP contribution in [0, 0.1) is 11.3 Å². The maximum atomic E-state index is 11.9. The second-order valence-corrected chi connectivity index (χ2v) is 5.35. The first kappa shape index (κ1) is 17.5. The molecule has 5 heteroatoms. The number of hydrogen-bond acceptors (Lipinski definition) is 4. The lowest BCUT2D eigenvalue weighted by atomic mass is 10.2. The lowest BCUT2D eigenvalue weighted by molar-refractivity contribution is -0.116. The van der Waals surface area contributed by atoms with Crippen molar-refractivity contribution in [1.82, 2.24) is 0 Å². The largest absolute Gasteiger partial charge is 0.494 e. The minimum atomic E-state index is -0.0587. The van der Waals surface area contributed by atoms with E-state index in [1.54, 1.807) is 42.5 Å². The lowest BCUT2D eigenvalue weighted by Crippen LogP contribution is -2.11. The summed E-state index contributed by atoms with van der Waals surface area (Å²) in [5.74, 6) is 0.607. The van der Waals surface area contributed by atoms with Crippen molar-refractivity contribution in [3.8, 4) is 11.8 Å². The van der Waals surface area contributed by atoms with Gasteiger partial charge >= 0.3 is 0 Å². The monoisotopic (exact) mass is 324 g/mol. The Kier molecular flexibility index (Phi) is 6.81. The average Bonchev–Trinajstić information content (AvgIpc) is 2.61. The van der Waals surface area contributed by atoms with Crippen LogP contribution in [-0.4, -0.2) is 17.6 Å². The molecule has 0 atom stereocenters. The predicted molar refractivity (Wildman–Crippen MR) is 91.5 cm³/mol. The summed E-state index contributed by atoms with van der Waals surface area (Å²) in [4.78, 5) is 11.9. The van der Waals surface area contributed by atoms with Gasteiger partial charge in [-0.05, 0) is 48.7 Å². The first-order valence-electron chi connectivity index (χ1n) is 7.84. The van der Waals surface area contributed by atoms with Crippen LogP contribution in [0.25, 0.3) is 0 Å². The Bertz CT molecular complexity index is 723. The summed E-state index contributed by atoms with van der Waals surface area (Å²) in [6.45, 7) is 0.455. The molecule has 0 aromatic heterocycles. The van der Waals surface area contributed by atoms with E-state index in [0.29, 0.717) is 36.4 Å². The molecule has 0 saturated heterocycles. The number of hydrogen-bond donors (Lipinski definition) is 2. The second kappa shape index (κ2) is 9.33. The molecule has 0 heterocycles. The van der Waals surface area contributed by atoms with Gasteiger partial charge < -0.3 is 15.2 Å². The Morgan fingerprint density at radius 2 is 2.00 bits per heavy atom. The number of nitrogens with one attached hydrogen (secondary N) is 1. The molecule has 0 aliphatic heterocycles. The zero-order valence-corrected chi connectivity index (χ0v) is 13.4. The highest BCUT2D eigenvalue weighted by molar-refractivity contribution is 5.90. The Morgan fingerprint density at radius 3 is 2.79 bits per heavy atom. The van der Waals surface area contributed by atoms with Gasteiger partial charge in [-0.3, -0.25) is 4.79 Å². The normalized spacial score (nSPS) is 10.0.